The van der Waals surface area contributed by atoms with Crippen molar-refractivity contribution in [2.75, 3.05) is 18.6 Å². The van der Waals surface area contributed by atoms with Crippen LogP contribution in [-0.4, -0.2) is 83.4 Å². The van der Waals surface area contributed by atoms with Gasteiger partial charge in [-0.15, -0.1) is 0 Å². The number of aliphatic carboxylic acids is 1. The van der Waals surface area contributed by atoms with Gasteiger partial charge in [0.1, 0.15) is 18.1 Å². The van der Waals surface area contributed by atoms with Gasteiger partial charge in [0.05, 0.1) is 12.5 Å². The first-order chi connectivity index (χ1) is 16.8. The Hall–Kier alpha value is -3.07. The molecule has 0 radical (unpaired) electrons. The first-order valence-electron chi connectivity index (χ1n) is 11.5. The number of thioether (sulfide) groups is 1. The number of nitrogens with zero attached hydrogens (tertiary/aromatic N) is 1. The summed E-state index contributed by atoms with van der Waals surface area (Å²) in [4.78, 5) is 64.8. The molecule has 0 bridgehead atoms. The van der Waals surface area contributed by atoms with E-state index in [1.165, 1.54) is 11.8 Å². The molecule has 0 aliphatic rings. The molecule has 0 aromatic carbocycles. The fourth-order valence-corrected chi connectivity index (χ4v) is 3.57. The fraction of sp³-hybridized carbons (Fsp3) is 0.714. The largest absolute Gasteiger partial charge is 0.480 e. The third kappa shape index (κ3) is 14.4. The molecule has 0 fully saturated rings. The number of nitrogens with two attached hydrogens (primary N) is 4. The maximum absolute atomic E-state index is 13.0. The zero-order chi connectivity index (χ0) is 27.8. The van der Waals surface area contributed by atoms with E-state index in [0.29, 0.717) is 12.2 Å². The second-order valence-electron chi connectivity index (χ2n) is 8.66. The number of rotatable bonds is 18. The number of carbonyl (C=O) groups is 5. The van der Waals surface area contributed by atoms with E-state index in [9.17, 15) is 29.1 Å². The molecule has 4 atom stereocenters. The molecule has 0 rings (SSSR count). The molecule has 206 valence electrons. The molecule has 0 saturated heterocycles. The molecule has 4 amide bonds. The van der Waals surface area contributed by atoms with Crippen LogP contribution in [-0.2, 0) is 24.0 Å². The SMILES string of the molecule is CSCCC(NC(=O)C(N)CC(N)=O)C(=O)NC(CC(C)C)C(=O)NC(CCCN=C(N)N)C(=O)O. The molecule has 0 heterocycles. The van der Waals surface area contributed by atoms with Crippen LogP contribution in [0.25, 0.3) is 0 Å². The molecule has 4 unspecified atom stereocenters. The summed E-state index contributed by atoms with van der Waals surface area (Å²) in [6.07, 6.45) is 2.28. The number of nitrogens with one attached hydrogen (secondary N) is 3. The monoisotopic (exact) mass is 532 g/mol. The van der Waals surface area contributed by atoms with Crippen molar-refractivity contribution in [3.63, 3.8) is 0 Å². The summed E-state index contributed by atoms with van der Waals surface area (Å²) in [5.74, 6) is -3.67. The van der Waals surface area contributed by atoms with Crippen molar-refractivity contribution in [3.8, 4) is 0 Å². The van der Waals surface area contributed by atoms with Crippen LogP contribution in [0.4, 0.5) is 0 Å². The molecule has 0 saturated carbocycles. The van der Waals surface area contributed by atoms with E-state index in [1.807, 2.05) is 20.1 Å². The highest BCUT2D eigenvalue weighted by molar-refractivity contribution is 7.98. The van der Waals surface area contributed by atoms with Crippen molar-refractivity contribution in [3.05, 3.63) is 0 Å². The maximum Gasteiger partial charge on any atom is 0.326 e. The van der Waals surface area contributed by atoms with E-state index < -0.39 is 53.8 Å². The molecule has 0 aliphatic carbocycles. The van der Waals surface area contributed by atoms with E-state index in [-0.39, 0.29) is 44.1 Å². The van der Waals surface area contributed by atoms with Crippen LogP contribution in [0.15, 0.2) is 4.99 Å². The van der Waals surface area contributed by atoms with Crippen molar-refractivity contribution in [2.45, 2.75) is 70.1 Å². The summed E-state index contributed by atoms with van der Waals surface area (Å²) >= 11 is 1.45. The third-order valence-corrected chi connectivity index (χ3v) is 5.55. The number of carbonyl (C=O) groups excluding carboxylic acids is 4. The molecule has 36 heavy (non-hydrogen) atoms. The minimum atomic E-state index is -1.24. The lowest BCUT2D eigenvalue weighted by molar-refractivity contribution is -0.142. The molecular formula is C21H40N8O6S. The van der Waals surface area contributed by atoms with Gasteiger partial charge in [-0.25, -0.2) is 4.79 Å². The molecule has 15 heteroatoms. The van der Waals surface area contributed by atoms with E-state index in [1.54, 1.807) is 0 Å². The van der Waals surface area contributed by atoms with Gasteiger partial charge in [-0.3, -0.25) is 24.2 Å². The van der Waals surface area contributed by atoms with E-state index in [0.717, 1.165) is 0 Å². The third-order valence-electron chi connectivity index (χ3n) is 4.90. The number of primary amides is 1. The highest BCUT2D eigenvalue weighted by atomic mass is 32.2. The maximum atomic E-state index is 13.0. The van der Waals surface area contributed by atoms with Gasteiger partial charge in [-0.05, 0) is 43.6 Å². The summed E-state index contributed by atoms with van der Waals surface area (Å²) in [6, 6.07) is -4.51. The molecule has 0 aliphatic heterocycles. The summed E-state index contributed by atoms with van der Waals surface area (Å²) in [7, 11) is 0. The summed E-state index contributed by atoms with van der Waals surface area (Å²) in [6.45, 7) is 3.88. The van der Waals surface area contributed by atoms with E-state index >= 15 is 0 Å². The Balaban J connectivity index is 5.44. The van der Waals surface area contributed by atoms with Crippen LogP contribution in [0.5, 0.6) is 0 Å². The lowest BCUT2D eigenvalue weighted by Gasteiger charge is -2.26. The highest BCUT2D eigenvalue weighted by Gasteiger charge is 2.30. The Bertz CT molecular complexity index is 790. The normalized spacial score (nSPS) is 14.1. The van der Waals surface area contributed by atoms with Gasteiger partial charge in [0, 0.05) is 6.54 Å². The molecule has 12 N–H and O–H groups in total. The van der Waals surface area contributed by atoms with E-state index in [2.05, 4.69) is 20.9 Å². The van der Waals surface area contributed by atoms with Crippen LogP contribution in [0.3, 0.4) is 0 Å². The molecule has 14 nitrogen and oxygen atoms in total. The molecule has 0 aromatic heterocycles. The fourth-order valence-electron chi connectivity index (χ4n) is 3.10. The smallest absolute Gasteiger partial charge is 0.326 e. The van der Waals surface area contributed by atoms with Crippen LogP contribution >= 0.6 is 11.8 Å². The number of hydrogen-bond acceptors (Lipinski definition) is 8. The Morgan fingerprint density at radius 1 is 0.889 bits per heavy atom. The van der Waals surface area contributed by atoms with Crippen molar-refractivity contribution in [1.82, 2.24) is 16.0 Å². The second-order valence-corrected chi connectivity index (χ2v) is 9.64. The van der Waals surface area contributed by atoms with Gasteiger partial charge in [-0.2, -0.15) is 11.8 Å². The molecule has 0 spiro atoms. The number of carboxylic acids is 1. The second kappa shape index (κ2) is 17.4. The van der Waals surface area contributed by atoms with Gasteiger partial charge in [0.2, 0.25) is 23.6 Å². The highest BCUT2D eigenvalue weighted by Crippen LogP contribution is 2.09. The Kier molecular flexibility index (Phi) is 15.9. The zero-order valence-corrected chi connectivity index (χ0v) is 21.8. The Morgan fingerprint density at radius 3 is 1.94 bits per heavy atom. The number of carboxylic acid groups (broad SMARTS) is 1. The zero-order valence-electron chi connectivity index (χ0n) is 21.0. The van der Waals surface area contributed by atoms with Crippen LogP contribution in [0, 0.1) is 5.92 Å². The predicted octanol–water partition coefficient (Wildman–Crippen LogP) is -2.42. The summed E-state index contributed by atoms with van der Waals surface area (Å²) in [5, 5.41) is 17.1. The first kappa shape index (κ1) is 32.9. The van der Waals surface area contributed by atoms with Crippen LogP contribution in [0.2, 0.25) is 0 Å². The van der Waals surface area contributed by atoms with Gasteiger partial charge >= 0.3 is 5.97 Å². The average Bonchev–Trinajstić information content (AvgIpc) is 2.76. The Labute approximate surface area is 215 Å². The standard InChI is InChI=1S/C21H40N8O6S/c1-11(2)9-15(19(33)28-14(20(34)35)5-4-7-26-21(24)25)29-18(32)13(6-8-36-3)27-17(31)12(22)10-16(23)30/h11-15H,4-10,22H2,1-3H3,(H2,23,30)(H,27,31)(H,28,33)(H,29,32)(H,34,35)(H4,24,25,26). The van der Waals surface area contributed by atoms with Crippen molar-refractivity contribution in [2.24, 2.45) is 33.8 Å². The number of aliphatic imine (C=N–C) groups is 1. The van der Waals surface area contributed by atoms with Crippen molar-refractivity contribution in [1.29, 1.82) is 0 Å². The van der Waals surface area contributed by atoms with Gasteiger partial charge in [0.15, 0.2) is 5.96 Å². The summed E-state index contributed by atoms with van der Waals surface area (Å²) in [5.41, 5.74) is 21.2. The van der Waals surface area contributed by atoms with Crippen molar-refractivity contribution < 1.29 is 29.1 Å². The average molecular weight is 533 g/mol. The number of amides is 4. The Morgan fingerprint density at radius 2 is 1.44 bits per heavy atom. The molecule has 0 aromatic rings. The molecular weight excluding hydrogens is 492 g/mol. The number of hydrogen-bond donors (Lipinski definition) is 8. The minimum Gasteiger partial charge on any atom is -0.480 e. The van der Waals surface area contributed by atoms with Gasteiger partial charge in [0.25, 0.3) is 0 Å². The number of guanidine groups is 1. The lowest BCUT2D eigenvalue weighted by Crippen LogP contribution is -2.57. The minimum absolute atomic E-state index is 0.0191. The first-order valence-corrected chi connectivity index (χ1v) is 12.9. The lowest BCUT2D eigenvalue weighted by atomic mass is 10.0. The summed E-state index contributed by atoms with van der Waals surface area (Å²) < 4.78 is 0. The quantitative estimate of drug-likeness (QED) is 0.0526. The topological polar surface area (TPSA) is 258 Å². The van der Waals surface area contributed by atoms with Gasteiger partial charge < -0.3 is 44.0 Å². The van der Waals surface area contributed by atoms with E-state index in [4.69, 9.17) is 22.9 Å². The van der Waals surface area contributed by atoms with Gasteiger partial charge in [-0.1, -0.05) is 13.8 Å². The predicted molar refractivity (Wildman–Crippen MR) is 138 cm³/mol. The van der Waals surface area contributed by atoms with Crippen LogP contribution < -0.4 is 38.9 Å². The van der Waals surface area contributed by atoms with Crippen molar-refractivity contribution >= 4 is 47.3 Å². The van der Waals surface area contributed by atoms with Crippen LogP contribution in [0.1, 0.15) is 46.0 Å².